The number of amides is 1. The van der Waals surface area contributed by atoms with Crippen molar-refractivity contribution in [1.29, 1.82) is 0 Å². The fraction of sp³-hybridized carbons (Fsp3) is 0.261. The third-order valence-corrected chi connectivity index (χ3v) is 5.11. The third-order valence-electron chi connectivity index (χ3n) is 5.11. The van der Waals surface area contributed by atoms with Gasteiger partial charge in [0.25, 0.3) is 0 Å². The molecule has 1 unspecified atom stereocenters. The van der Waals surface area contributed by atoms with Crippen molar-refractivity contribution in [3.63, 3.8) is 0 Å². The Morgan fingerprint density at radius 1 is 1.13 bits per heavy atom. The molecular weight excluding hydrogens is 395 g/mol. The third kappa shape index (κ3) is 4.97. The molecule has 0 spiro atoms. The standard InChI is InChI=1S/C23H25FN6O/c1-2-13-30-22(11-12-27-30)28-23(31)14-25-20(17-7-9-18(24)10-8-17)15-29-16-26-19-5-3-4-6-21(19)29/h3-12,16,20,25H,2,13-15H2,1H3,(H,28,31). The average Bonchev–Trinajstić information content (AvgIpc) is 3.39. The Kier molecular flexibility index (Phi) is 6.37. The Hall–Kier alpha value is -3.52. The van der Waals surface area contributed by atoms with Crippen molar-refractivity contribution in [3.05, 3.63) is 78.5 Å². The van der Waals surface area contributed by atoms with E-state index < -0.39 is 0 Å². The molecule has 1 amide bonds. The SMILES string of the molecule is CCCn1nccc1NC(=O)CNC(Cn1cnc2ccccc21)c1ccc(F)cc1. The summed E-state index contributed by atoms with van der Waals surface area (Å²) in [7, 11) is 0. The van der Waals surface area contributed by atoms with Gasteiger partial charge in [-0.15, -0.1) is 0 Å². The van der Waals surface area contributed by atoms with Gasteiger partial charge in [0.15, 0.2) is 0 Å². The van der Waals surface area contributed by atoms with Gasteiger partial charge in [0, 0.05) is 19.2 Å². The summed E-state index contributed by atoms with van der Waals surface area (Å²) < 4.78 is 17.3. The summed E-state index contributed by atoms with van der Waals surface area (Å²) >= 11 is 0. The number of aromatic nitrogens is 4. The van der Waals surface area contributed by atoms with Crippen molar-refractivity contribution < 1.29 is 9.18 Å². The number of fused-ring (bicyclic) bond motifs is 1. The van der Waals surface area contributed by atoms with Crippen molar-refractivity contribution in [1.82, 2.24) is 24.6 Å². The molecule has 160 valence electrons. The summed E-state index contributed by atoms with van der Waals surface area (Å²) in [5, 5.41) is 10.4. The number of hydrogen-bond donors (Lipinski definition) is 2. The number of carbonyl (C=O) groups is 1. The van der Waals surface area contributed by atoms with E-state index in [9.17, 15) is 9.18 Å². The summed E-state index contributed by atoms with van der Waals surface area (Å²) in [5.74, 6) is 0.213. The number of hydrogen-bond acceptors (Lipinski definition) is 4. The summed E-state index contributed by atoms with van der Waals surface area (Å²) in [6.07, 6.45) is 4.38. The molecule has 0 bridgehead atoms. The van der Waals surface area contributed by atoms with Crippen LogP contribution in [0.1, 0.15) is 24.9 Å². The van der Waals surface area contributed by atoms with E-state index in [4.69, 9.17) is 0 Å². The number of imidazole rings is 1. The highest BCUT2D eigenvalue weighted by molar-refractivity contribution is 5.91. The van der Waals surface area contributed by atoms with Crippen molar-refractivity contribution >= 4 is 22.8 Å². The summed E-state index contributed by atoms with van der Waals surface area (Å²) in [6, 6.07) is 15.8. The number of rotatable bonds is 9. The van der Waals surface area contributed by atoms with Crippen LogP contribution in [0.15, 0.2) is 67.1 Å². The van der Waals surface area contributed by atoms with Crippen LogP contribution in [-0.4, -0.2) is 31.8 Å². The maximum absolute atomic E-state index is 13.5. The van der Waals surface area contributed by atoms with Crippen molar-refractivity contribution in [3.8, 4) is 0 Å². The van der Waals surface area contributed by atoms with Crippen LogP contribution in [0.5, 0.6) is 0 Å². The molecule has 0 saturated carbocycles. The molecule has 2 aromatic carbocycles. The molecule has 2 heterocycles. The first-order chi connectivity index (χ1) is 15.1. The molecular formula is C23H25FN6O. The first-order valence-electron chi connectivity index (χ1n) is 10.3. The molecule has 7 nitrogen and oxygen atoms in total. The van der Waals surface area contributed by atoms with E-state index in [1.807, 2.05) is 28.8 Å². The second-order valence-electron chi connectivity index (χ2n) is 7.36. The van der Waals surface area contributed by atoms with Gasteiger partial charge >= 0.3 is 0 Å². The predicted octanol–water partition coefficient (Wildman–Crippen LogP) is 3.75. The zero-order valence-electron chi connectivity index (χ0n) is 17.3. The molecule has 0 aliphatic carbocycles. The van der Waals surface area contributed by atoms with Crippen molar-refractivity contribution in [2.24, 2.45) is 0 Å². The molecule has 0 aliphatic rings. The number of carbonyl (C=O) groups excluding carboxylic acids is 1. The number of anilines is 1. The normalized spacial score (nSPS) is 12.2. The molecule has 1 atom stereocenters. The zero-order chi connectivity index (χ0) is 21.6. The predicted molar refractivity (Wildman–Crippen MR) is 118 cm³/mol. The highest BCUT2D eigenvalue weighted by Gasteiger charge is 2.16. The maximum atomic E-state index is 13.5. The summed E-state index contributed by atoms with van der Waals surface area (Å²) in [6.45, 7) is 3.45. The van der Waals surface area contributed by atoms with E-state index in [0.717, 1.165) is 29.6 Å². The minimum atomic E-state index is -0.294. The number of aryl methyl sites for hydroxylation is 1. The van der Waals surface area contributed by atoms with Gasteiger partial charge in [0.2, 0.25) is 5.91 Å². The number of nitrogens with one attached hydrogen (secondary N) is 2. The van der Waals surface area contributed by atoms with Crippen LogP contribution in [0.25, 0.3) is 11.0 Å². The Morgan fingerprint density at radius 2 is 1.94 bits per heavy atom. The van der Waals surface area contributed by atoms with Crippen LogP contribution in [0, 0.1) is 5.82 Å². The quantitative estimate of drug-likeness (QED) is 0.432. The van der Waals surface area contributed by atoms with Crippen LogP contribution in [-0.2, 0) is 17.9 Å². The van der Waals surface area contributed by atoms with Gasteiger partial charge in [-0.2, -0.15) is 5.10 Å². The molecule has 31 heavy (non-hydrogen) atoms. The number of nitrogens with zero attached hydrogens (tertiary/aromatic N) is 4. The van der Waals surface area contributed by atoms with E-state index in [0.29, 0.717) is 12.4 Å². The van der Waals surface area contributed by atoms with Gasteiger partial charge in [-0.25, -0.2) is 14.1 Å². The van der Waals surface area contributed by atoms with Gasteiger partial charge < -0.3 is 9.88 Å². The Labute approximate surface area is 179 Å². The highest BCUT2D eigenvalue weighted by atomic mass is 19.1. The second-order valence-corrected chi connectivity index (χ2v) is 7.36. The molecule has 0 fully saturated rings. The average molecular weight is 420 g/mol. The lowest BCUT2D eigenvalue weighted by molar-refractivity contribution is -0.115. The molecule has 4 rings (SSSR count). The molecule has 0 saturated heterocycles. The van der Waals surface area contributed by atoms with Gasteiger partial charge in [0.1, 0.15) is 11.6 Å². The number of benzene rings is 2. The van der Waals surface area contributed by atoms with Crippen molar-refractivity contribution in [2.75, 3.05) is 11.9 Å². The smallest absolute Gasteiger partial charge is 0.239 e. The Bertz CT molecular complexity index is 1150. The minimum Gasteiger partial charge on any atom is -0.329 e. The molecule has 2 aromatic heterocycles. The largest absolute Gasteiger partial charge is 0.329 e. The number of para-hydroxylation sites is 2. The lowest BCUT2D eigenvalue weighted by Gasteiger charge is -2.20. The maximum Gasteiger partial charge on any atom is 0.239 e. The molecule has 8 heteroatoms. The molecule has 0 aliphatic heterocycles. The Morgan fingerprint density at radius 3 is 2.74 bits per heavy atom. The van der Waals surface area contributed by atoms with Gasteiger partial charge in [-0.3, -0.25) is 10.1 Å². The topological polar surface area (TPSA) is 76.8 Å². The van der Waals surface area contributed by atoms with Crippen LogP contribution in [0.4, 0.5) is 10.2 Å². The van der Waals surface area contributed by atoms with Gasteiger partial charge in [-0.05, 0) is 36.2 Å². The van der Waals surface area contributed by atoms with E-state index in [1.165, 1.54) is 12.1 Å². The van der Waals surface area contributed by atoms with Crippen molar-refractivity contribution in [2.45, 2.75) is 32.5 Å². The first kappa shape index (κ1) is 20.7. The van der Waals surface area contributed by atoms with Gasteiger partial charge in [-0.1, -0.05) is 31.2 Å². The lowest BCUT2D eigenvalue weighted by Crippen LogP contribution is -2.33. The molecule has 4 aromatic rings. The second kappa shape index (κ2) is 9.53. The van der Waals surface area contributed by atoms with Crippen LogP contribution >= 0.6 is 0 Å². The monoisotopic (exact) mass is 420 g/mol. The van der Waals surface area contributed by atoms with E-state index in [2.05, 4.69) is 27.6 Å². The fourth-order valence-electron chi connectivity index (χ4n) is 3.57. The van der Waals surface area contributed by atoms with E-state index in [1.54, 1.807) is 35.4 Å². The van der Waals surface area contributed by atoms with Crippen LogP contribution in [0.2, 0.25) is 0 Å². The zero-order valence-corrected chi connectivity index (χ0v) is 17.3. The number of halogens is 1. The highest BCUT2D eigenvalue weighted by Crippen LogP contribution is 2.20. The van der Waals surface area contributed by atoms with E-state index >= 15 is 0 Å². The fourth-order valence-corrected chi connectivity index (χ4v) is 3.57. The minimum absolute atomic E-state index is 0.103. The molecule has 2 N–H and O–H groups in total. The van der Waals surface area contributed by atoms with E-state index in [-0.39, 0.29) is 24.3 Å². The summed E-state index contributed by atoms with van der Waals surface area (Å²) in [5.41, 5.74) is 2.80. The lowest BCUT2D eigenvalue weighted by atomic mass is 10.1. The van der Waals surface area contributed by atoms with Gasteiger partial charge in [0.05, 0.1) is 36.1 Å². The van der Waals surface area contributed by atoms with Crippen LogP contribution < -0.4 is 10.6 Å². The first-order valence-corrected chi connectivity index (χ1v) is 10.3. The summed E-state index contributed by atoms with van der Waals surface area (Å²) in [4.78, 5) is 17.0. The Balaban J connectivity index is 1.48. The molecule has 0 radical (unpaired) electrons. The van der Waals surface area contributed by atoms with Crippen LogP contribution in [0.3, 0.4) is 0 Å².